The van der Waals surface area contributed by atoms with E-state index in [0.29, 0.717) is 18.0 Å². The summed E-state index contributed by atoms with van der Waals surface area (Å²) >= 11 is 0. The van der Waals surface area contributed by atoms with Crippen molar-refractivity contribution in [1.29, 1.82) is 0 Å². The van der Waals surface area contributed by atoms with Gasteiger partial charge in [-0.1, -0.05) is 24.3 Å². The molecular formula is C20H21NO4. The summed E-state index contributed by atoms with van der Waals surface area (Å²) in [6, 6.07) is 15.3. The summed E-state index contributed by atoms with van der Waals surface area (Å²) in [5.74, 6) is 2.04. The summed E-state index contributed by atoms with van der Waals surface area (Å²) in [5.41, 5.74) is 1.71. The van der Waals surface area contributed by atoms with Gasteiger partial charge in [0.25, 0.3) is 0 Å². The second kappa shape index (κ2) is 7.30. The third kappa shape index (κ3) is 3.76. The molecule has 0 bridgehead atoms. The van der Waals surface area contributed by atoms with E-state index < -0.39 is 0 Å². The van der Waals surface area contributed by atoms with Crippen LogP contribution in [0.5, 0.6) is 11.5 Å². The highest BCUT2D eigenvalue weighted by molar-refractivity contribution is 5.80. The Morgan fingerprint density at radius 2 is 1.80 bits per heavy atom. The van der Waals surface area contributed by atoms with Crippen LogP contribution in [-0.2, 0) is 17.8 Å². The molecule has 0 unspecified atom stereocenters. The van der Waals surface area contributed by atoms with Gasteiger partial charge in [-0.25, -0.2) is 0 Å². The molecule has 3 aromatic rings. The van der Waals surface area contributed by atoms with Gasteiger partial charge in [0.1, 0.15) is 11.3 Å². The molecule has 0 saturated carbocycles. The van der Waals surface area contributed by atoms with Crippen molar-refractivity contribution in [3.05, 3.63) is 59.9 Å². The third-order valence-corrected chi connectivity index (χ3v) is 4.10. The number of carbonyl (C=O) groups is 1. The zero-order valence-corrected chi connectivity index (χ0v) is 14.6. The number of likely N-dealkylation sites (N-methyl/N-ethyl adjacent to an activating group) is 1. The van der Waals surface area contributed by atoms with Crippen molar-refractivity contribution in [3.63, 3.8) is 0 Å². The van der Waals surface area contributed by atoms with Crippen LogP contribution in [0.15, 0.2) is 52.9 Å². The lowest BCUT2D eigenvalue weighted by molar-refractivity contribution is -0.129. The standard InChI is InChI=1S/C20H21NO4/c1-21(13-16-12-15-6-4-5-7-17(15)25-16)20(22)11-14-8-9-18(23-2)19(10-14)24-3/h4-10,12H,11,13H2,1-3H3. The molecule has 0 aliphatic rings. The molecule has 130 valence electrons. The first-order valence-corrected chi connectivity index (χ1v) is 8.03. The molecule has 0 fully saturated rings. The lowest BCUT2D eigenvalue weighted by Gasteiger charge is -2.16. The zero-order valence-electron chi connectivity index (χ0n) is 14.6. The molecule has 5 nitrogen and oxygen atoms in total. The van der Waals surface area contributed by atoms with Crippen LogP contribution in [0.3, 0.4) is 0 Å². The van der Waals surface area contributed by atoms with Crippen LogP contribution in [0.25, 0.3) is 11.0 Å². The van der Waals surface area contributed by atoms with Crippen LogP contribution < -0.4 is 9.47 Å². The normalized spacial score (nSPS) is 10.7. The van der Waals surface area contributed by atoms with E-state index in [-0.39, 0.29) is 12.3 Å². The minimum Gasteiger partial charge on any atom is -0.493 e. The Bertz CT molecular complexity index is 851. The number of nitrogens with zero attached hydrogens (tertiary/aromatic N) is 1. The monoisotopic (exact) mass is 339 g/mol. The van der Waals surface area contributed by atoms with Gasteiger partial charge in [-0.3, -0.25) is 4.79 Å². The molecule has 0 aliphatic heterocycles. The van der Waals surface area contributed by atoms with Crippen molar-refractivity contribution in [2.24, 2.45) is 0 Å². The van der Waals surface area contributed by atoms with Crippen molar-refractivity contribution >= 4 is 16.9 Å². The van der Waals surface area contributed by atoms with Crippen LogP contribution in [0.4, 0.5) is 0 Å². The van der Waals surface area contributed by atoms with Crippen LogP contribution in [0.1, 0.15) is 11.3 Å². The minimum atomic E-state index is 0.00711. The number of ether oxygens (including phenoxy) is 2. The number of rotatable bonds is 6. The molecule has 0 N–H and O–H groups in total. The molecule has 25 heavy (non-hydrogen) atoms. The van der Waals surface area contributed by atoms with Gasteiger partial charge in [0.05, 0.1) is 27.2 Å². The van der Waals surface area contributed by atoms with E-state index >= 15 is 0 Å². The first-order chi connectivity index (χ1) is 12.1. The number of hydrogen-bond acceptors (Lipinski definition) is 4. The molecule has 1 amide bonds. The quantitative estimate of drug-likeness (QED) is 0.688. The molecule has 0 aliphatic carbocycles. The molecule has 0 radical (unpaired) electrons. The molecule has 1 heterocycles. The summed E-state index contributed by atoms with van der Waals surface area (Å²) in [7, 11) is 4.94. The van der Waals surface area contributed by atoms with Gasteiger partial charge in [0.15, 0.2) is 11.5 Å². The van der Waals surface area contributed by atoms with E-state index in [9.17, 15) is 4.79 Å². The van der Waals surface area contributed by atoms with Crippen LogP contribution in [0.2, 0.25) is 0 Å². The molecule has 1 aromatic heterocycles. The van der Waals surface area contributed by atoms with E-state index in [1.807, 2.05) is 42.5 Å². The maximum Gasteiger partial charge on any atom is 0.227 e. The highest BCUT2D eigenvalue weighted by Crippen LogP contribution is 2.28. The van der Waals surface area contributed by atoms with Crippen LogP contribution in [-0.4, -0.2) is 32.1 Å². The average molecular weight is 339 g/mol. The van der Waals surface area contributed by atoms with Crippen molar-refractivity contribution < 1.29 is 18.7 Å². The fraction of sp³-hybridized carbons (Fsp3) is 0.250. The van der Waals surface area contributed by atoms with Crippen molar-refractivity contribution in [2.45, 2.75) is 13.0 Å². The highest BCUT2D eigenvalue weighted by atomic mass is 16.5. The lowest BCUT2D eigenvalue weighted by Crippen LogP contribution is -2.27. The fourth-order valence-corrected chi connectivity index (χ4v) is 2.74. The van der Waals surface area contributed by atoms with Crippen LogP contribution >= 0.6 is 0 Å². The number of methoxy groups -OCH3 is 2. The SMILES string of the molecule is COc1ccc(CC(=O)N(C)Cc2cc3ccccc3o2)cc1OC. The smallest absolute Gasteiger partial charge is 0.227 e. The van der Waals surface area contributed by atoms with Gasteiger partial charge in [0.2, 0.25) is 5.91 Å². The summed E-state index contributed by atoms with van der Waals surface area (Å²) in [6.07, 6.45) is 0.289. The number of benzene rings is 2. The second-order valence-corrected chi connectivity index (χ2v) is 5.87. The Morgan fingerprint density at radius 1 is 1.04 bits per heavy atom. The number of hydrogen-bond donors (Lipinski definition) is 0. The molecule has 0 saturated heterocycles. The van der Waals surface area contributed by atoms with Crippen molar-refractivity contribution in [2.75, 3.05) is 21.3 Å². The fourth-order valence-electron chi connectivity index (χ4n) is 2.74. The van der Waals surface area contributed by atoms with E-state index in [1.165, 1.54) is 0 Å². The molecule has 0 spiro atoms. The lowest BCUT2D eigenvalue weighted by atomic mass is 10.1. The Labute approximate surface area is 146 Å². The number of amides is 1. The zero-order chi connectivity index (χ0) is 17.8. The highest BCUT2D eigenvalue weighted by Gasteiger charge is 2.14. The van der Waals surface area contributed by atoms with E-state index in [4.69, 9.17) is 13.9 Å². The van der Waals surface area contributed by atoms with E-state index in [2.05, 4.69) is 0 Å². The Balaban J connectivity index is 1.68. The van der Waals surface area contributed by atoms with Gasteiger partial charge < -0.3 is 18.8 Å². The van der Waals surface area contributed by atoms with E-state index in [1.54, 1.807) is 32.2 Å². The van der Waals surface area contributed by atoms with Crippen LogP contribution in [0, 0.1) is 0 Å². The average Bonchev–Trinajstić information content (AvgIpc) is 3.03. The number of furan rings is 1. The number of fused-ring (bicyclic) bond motifs is 1. The largest absolute Gasteiger partial charge is 0.493 e. The van der Waals surface area contributed by atoms with Gasteiger partial charge in [0, 0.05) is 12.4 Å². The Hall–Kier alpha value is -2.95. The van der Waals surface area contributed by atoms with E-state index in [0.717, 1.165) is 22.3 Å². The maximum atomic E-state index is 12.5. The van der Waals surface area contributed by atoms with Crippen molar-refractivity contribution in [1.82, 2.24) is 4.90 Å². The molecule has 5 heteroatoms. The first kappa shape index (κ1) is 16.9. The topological polar surface area (TPSA) is 51.9 Å². The van der Waals surface area contributed by atoms with Crippen molar-refractivity contribution in [3.8, 4) is 11.5 Å². The number of carbonyl (C=O) groups excluding carboxylic acids is 1. The first-order valence-electron chi connectivity index (χ1n) is 8.03. The third-order valence-electron chi connectivity index (χ3n) is 4.10. The Kier molecular flexibility index (Phi) is 4.93. The molecule has 3 rings (SSSR count). The second-order valence-electron chi connectivity index (χ2n) is 5.87. The number of para-hydroxylation sites is 1. The minimum absolute atomic E-state index is 0.00711. The Morgan fingerprint density at radius 3 is 2.52 bits per heavy atom. The van der Waals surface area contributed by atoms with Gasteiger partial charge >= 0.3 is 0 Å². The van der Waals surface area contributed by atoms with Gasteiger partial charge in [-0.2, -0.15) is 0 Å². The predicted molar refractivity (Wildman–Crippen MR) is 95.9 cm³/mol. The predicted octanol–water partition coefficient (Wildman–Crippen LogP) is 3.65. The summed E-state index contributed by atoms with van der Waals surface area (Å²) < 4.78 is 16.3. The molecule has 0 atom stereocenters. The molecule has 2 aromatic carbocycles. The van der Waals surface area contributed by atoms with Gasteiger partial charge in [-0.15, -0.1) is 0 Å². The molecular weight excluding hydrogens is 318 g/mol. The summed E-state index contributed by atoms with van der Waals surface area (Å²) in [6.45, 7) is 0.431. The summed E-state index contributed by atoms with van der Waals surface area (Å²) in [5, 5.41) is 1.04. The summed E-state index contributed by atoms with van der Waals surface area (Å²) in [4.78, 5) is 14.2. The van der Waals surface area contributed by atoms with Gasteiger partial charge in [-0.05, 0) is 29.8 Å². The maximum absolute atomic E-state index is 12.5.